The molecule has 0 bridgehead atoms. The van der Waals surface area contributed by atoms with Crippen molar-refractivity contribution in [2.75, 3.05) is 7.11 Å². The molecule has 1 atom stereocenters. The van der Waals surface area contributed by atoms with Crippen LogP contribution in [0, 0.1) is 11.3 Å². The second kappa shape index (κ2) is 5.28. The van der Waals surface area contributed by atoms with Crippen LogP contribution in [-0.2, 0) is 0 Å². The fourth-order valence-corrected chi connectivity index (χ4v) is 1.69. The molecule has 0 fully saturated rings. The summed E-state index contributed by atoms with van der Waals surface area (Å²) in [5, 5.41) is 8.89. The molecule has 2 aromatic rings. The molecule has 0 aliphatic carbocycles. The Morgan fingerprint density at radius 1 is 1.28 bits per heavy atom. The lowest BCUT2D eigenvalue weighted by Crippen LogP contribution is -2.04. The van der Waals surface area contributed by atoms with Crippen molar-refractivity contribution in [3.05, 3.63) is 47.8 Å². The van der Waals surface area contributed by atoms with Gasteiger partial charge in [-0.3, -0.25) is 0 Å². The molecule has 92 valence electrons. The Balaban J connectivity index is 2.25. The number of rotatable bonds is 4. The number of hydrogen-bond donors (Lipinski definition) is 1. The van der Waals surface area contributed by atoms with Gasteiger partial charge in [-0.05, 0) is 31.2 Å². The number of nitriles is 1. The molecule has 0 saturated heterocycles. The Labute approximate surface area is 106 Å². The van der Waals surface area contributed by atoms with Gasteiger partial charge in [0.05, 0.1) is 24.4 Å². The normalized spacial score (nSPS) is 11.6. The van der Waals surface area contributed by atoms with E-state index in [-0.39, 0.29) is 6.10 Å². The van der Waals surface area contributed by atoms with E-state index in [9.17, 15) is 0 Å². The minimum Gasteiger partial charge on any atom is -0.493 e. The highest BCUT2D eigenvalue weighted by atomic mass is 16.5. The third kappa shape index (κ3) is 2.46. The van der Waals surface area contributed by atoms with Crippen molar-refractivity contribution in [1.82, 2.24) is 4.98 Å². The van der Waals surface area contributed by atoms with Crippen LogP contribution in [0.25, 0.3) is 0 Å². The summed E-state index contributed by atoms with van der Waals surface area (Å²) in [6.07, 6.45) is 1.71. The maximum absolute atomic E-state index is 8.89. The van der Waals surface area contributed by atoms with E-state index in [1.54, 1.807) is 25.3 Å². The molecule has 18 heavy (non-hydrogen) atoms. The zero-order valence-electron chi connectivity index (χ0n) is 10.3. The number of ether oxygens (including phenoxy) is 2. The molecule has 1 aromatic carbocycles. The average Bonchev–Trinajstić information content (AvgIpc) is 2.92. The quantitative estimate of drug-likeness (QED) is 0.896. The summed E-state index contributed by atoms with van der Waals surface area (Å²) < 4.78 is 11.0. The molecule has 1 N–H and O–H groups in total. The highest BCUT2D eigenvalue weighted by molar-refractivity contribution is 5.46. The summed E-state index contributed by atoms with van der Waals surface area (Å²) in [4.78, 5) is 3.09. The molecule has 0 aliphatic rings. The van der Waals surface area contributed by atoms with Gasteiger partial charge in [0.25, 0.3) is 0 Å². The predicted molar refractivity (Wildman–Crippen MR) is 67.5 cm³/mol. The largest absolute Gasteiger partial charge is 0.493 e. The number of H-pyrrole nitrogens is 1. The molecule has 1 unspecified atom stereocenters. The lowest BCUT2D eigenvalue weighted by Gasteiger charge is -2.16. The minimum absolute atomic E-state index is 0.136. The fourth-order valence-electron chi connectivity index (χ4n) is 1.69. The predicted octanol–water partition coefficient (Wildman–Crippen LogP) is 3.03. The van der Waals surface area contributed by atoms with Crippen molar-refractivity contribution < 1.29 is 9.47 Å². The van der Waals surface area contributed by atoms with Gasteiger partial charge < -0.3 is 14.5 Å². The Morgan fingerprint density at radius 2 is 2.11 bits per heavy atom. The minimum atomic E-state index is -0.136. The topological polar surface area (TPSA) is 58.0 Å². The number of methoxy groups -OCH3 is 1. The first-order valence-corrected chi connectivity index (χ1v) is 5.62. The lowest BCUT2D eigenvalue weighted by molar-refractivity contribution is 0.212. The Bertz CT molecular complexity index is 556. The van der Waals surface area contributed by atoms with E-state index in [0.29, 0.717) is 17.1 Å². The Morgan fingerprint density at radius 3 is 2.72 bits per heavy atom. The van der Waals surface area contributed by atoms with Gasteiger partial charge in [0, 0.05) is 12.3 Å². The molecular formula is C14H14N2O2. The maximum Gasteiger partial charge on any atom is 0.163 e. The molecule has 4 heteroatoms. The molecular weight excluding hydrogens is 228 g/mol. The summed E-state index contributed by atoms with van der Waals surface area (Å²) >= 11 is 0. The second-order valence-corrected chi connectivity index (χ2v) is 3.86. The van der Waals surface area contributed by atoms with Crippen LogP contribution in [0.3, 0.4) is 0 Å². The number of aromatic amines is 1. The van der Waals surface area contributed by atoms with Crippen LogP contribution in [0.1, 0.15) is 24.3 Å². The van der Waals surface area contributed by atoms with Crippen molar-refractivity contribution in [1.29, 1.82) is 5.26 Å². The van der Waals surface area contributed by atoms with E-state index in [4.69, 9.17) is 14.7 Å². The summed E-state index contributed by atoms with van der Waals surface area (Å²) in [5.74, 6) is 1.19. The van der Waals surface area contributed by atoms with E-state index < -0.39 is 0 Å². The first kappa shape index (κ1) is 12.1. The van der Waals surface area contributed by atoms with Crippen LogP contribution < -0.4 is 9.47 Å². The van der Waals surface area contributed by atoms with E-state index >= 15 is 0 Å². The molecule has 1 heterocycles. The van der Waals surface area contributed by atoms with E-state index in [1.807, 2.05) is 25.3 Å². The van der Waals surface area contributed by atoms with Crippen LogP contribution >= 0.6 is 0 Å². The molecule has 1 aromatic heterocycles. The second-order valence-electron chi connectivity index (χ2n) is 3.86. The summed E-state index contributed by atoms with van der Waals surface area (Å²) in [7, 11) is 1.58. The van der Waals surface area contributed by atoms with Gasteiger partial charge >= 0.3 is 0 Å². The smallest absolute Gasteiger partial charge is 0.163 e. The summed E-state index contributed by atoms with van der Waals surface area (Å²) in [5.41, 5.74) is 1.52. The highest BCUT2D eigenvalue weighted by Crippen LogP contribution is 2.31. The van der Waals surface area contributed by atoms with Gasteiger partial charge in [0.15, 0.2) is 11.5 Å². The van der Waals surface area contributed by atoms with Crippen LogP contribution in [0.2, 0.25) is 0 Å². The maximum atomic E-state index is 8.89. The van der Waals surface area contributed by atoms with Crippen LogP contribution in [0.15, 0.2) is 36.5 Å². The Kier molecular flexibility index (Phi) is 3.54. The van der Waals surface area contributed by atoms with Crippen molar-refractivity contribution in [2.24, 2.45) is 0 Å². The van der Waals surface area contributed by atoms with Gasteiger partial charge in [0.1, 0.15) is 6.10 Å². The first-order valence-electron chi connectivity index (χ1n) is 5.62. The standard InChI is InChI=1S/C14H14N2O2/c1-10(12-4-3-7-16-12)18-14-8-11(9-15)5-6-13(14)17-2/h3-8,10,16H,1-2H3. The molecule has 0 saturated carbocycles. The van der Waals surface area contributed by atoms with Crippen molar-refractivity contribution in [3.63, 3.8) is 0 Å². The van der Waals surface area contributed by atoms with Crippen LogP contribution in [0.4, 0.5) is 0 Å². The molecule has 0 spiro atoms. The first-order chi connectivity index (χ1) is 8.74. The van der Waals surface area contributed by atoms with E-state index in [1.165, 1.54) is 0 Å². The fraction of sp³-hybridized carbons (Fsp3) is 0.214. The van der Waals surface area contributed by atoms with E-state index in [0.717, 1.165) is 5.69 Å². The highest BCUT2D eigenvalue weighted by Gasteiger charge is 2.12. The van der Waals surface area contributed by atoms with Crippen molar-refractivity contribution >= 4 is 0 Å². The van der Waals surface area contributed by atoms with Crippen LogP contribution in [0.5, 0.6) is 11.5 Å². The van der Waals surface area contributed by atoms with E-state index in [2.05, 4.69) is 11.1 Å². The van der Waals surface area contributed by atoms with Gasteiger partial charge in [-0.25, -0.2) is 0 Å². The Hall–Kier alpha value is -2.41. The zero-order chi connectivity index (χ0) is 13.0. The zero-order valence-corrected chi connectivity index (χ0v) is 10.3. The monoisotopic (exact) mass is 242 g/mol. The van der Waals surface area contributed by atoms with Crippen LogP contribution in [-0.4, -0.2) is 12.1 Å². The number of nitrogens with zero attached hydrogens (tertiary/aromatic N) is 1. The SMILES string of the molecule is COc1ccc(C#N)cc1OC(C)c1ccc[nH]1. The van der Waals surface area contributed by atoms with Gasteiger partial charge in [-0.1, -0.05) is 0 Å². The summed E-state index contributed by atoms with van der Waals surface area (Å²) in [6, 6.07) is 11.1. The third-order valence-corrected chi connectivity index (χ3v) is 2.66. The average molecular weight is 242 g/mol. The van der Waals surface area contributed by atoms with Gasteiger partial charge in [0.2, 0.25) is 0 Å². The van der Waals surface area contributed by atoms with Gasteiger partial charge in [-0.15, -0.1) is 0 Å². The lowest BCUT2D eigenvalue weighted by atomic mass is 10.2. The summed E-state index contributed by atoms with van der Waals surface area (Å²) in [6.45, 7) is 1.93. The van der Waals surface area contributed by atoms with Crippen molar-refractivity contribution in [3.8, 4) is 17.6 Å². The van der Waals surface area contributed by atoms with Crippen molar-refractivity contribution in [2.45, 2.75) is 13.0 Å². The molecule has 2 rings (SSSR count). The number of aromatic nitrogens is 1. The van der Waals surface area contributed by atoms with Gasteiger partial charge in [-0.2, -0.15) is 5.26 Å². The molecule has 0 radical (unpaired) electrons. The number of hydrogen-bond acceptors (Lipinski definition) is 3. The number of benzene rings is 1. The molecule has 0 amide bonds. The molecule has 4 nitrogen and oxygen atoms in total. The number of nitrogens with one attached hydrogen (secondary N) is 1. The molecule has 0 aliphatic heterocycles. The third-order valence-electron chi connectivity index (χ3n) is 2.66.